The normalized spacial score (nSPS) is 17.8. The van der Waals surface area contributed by atoms with E-state index in [-0.39, 0.29) is 6.04 Å². The van der Waals surface area contributed by atoms with Gasteiger partial charge in [0.1, 0.15) is 5.75 Å². The maximum atomic E-state index is 5.59. The molecule has 1 aromatic rings. The van der Waals surface area contributed by atoms with E-state index in [0.717, 1.165) is 57.6 Å². The third-order valence-electron chi connectivity index (χ3n) is 5.65. The average molecular weight is 420 g/mol. The summed E-state index contributed by atoms with van der Waals surface area (Å²) in [5, 5.41) is 6.95. The smallest absolute Gasteiger partial charge is 0.191 e. The van der Waals surface area contributed by atoms with Crippen LogP contribution in [0.15, 0.2) is 29.3 Å². The Morgan fingerprint density at radius 2 is 1.90 bits per heavy atom. The van der Waals surface area contributed by atoms with Crippen LogP contribution in [0.4, 0.5) is 0 Å². The Kier molecular flexibility index (Phi) is 10.4. The summed E-state index contributed by atoms with van der Waals surface area (Å²) >= 11 is 0. The summed E-state index contributed by atoms with van der Waals surface area (Å²) < 4.78 is 11.1. The van der Waals surface area contributed by atoms with Gasteiger partial charge in [-0.05, 0) is 33.0 Å². The first-order valence-electron chi connectivity index (χ1n) is 11.1. The van der Waals surface area contributed by atoms with Crippen molar-refractivity contribution in [3.8, 4) is 5.75 Å². The second-order valence-electron chi connectivity index (χ2n) is 8.28. The fourth-order valence-electron chi connectivity index (χ4n) is 3.89. The van der Waals surface area contributed by atoms with Gasteiger partial charge in [-0.25, -0.2) is 0 Å². The SMILES string of the molecule is CCNC(=NCC(C(C)C)N1CCOCC1)NCC(c1ccccc1OC)N(C)C. The highest BCUT2D eigenvalue weighted by molar-refractivity contribution is 5.79. The number of guanidine groups is 1. The average Bonchev–Trinajstić information content (AvgIpc) is 2.74. The van der Waals surface area contributed by atoms with Gasteiger partial charge < -0.3 is 25.0 Å². The highest BCUT2D eigenvalue weighted by Gasteiger charge is 2.24. The Morgan fingerprint density at radius 1 is 1.20 bits per heavy atom. The molecule has 1 saturated heterocycles. The zero-order chi connectivity index (χ0) is 21.9. The van der Waals surface area contributed by atoms with Crippen molar-refractivity contribution in [2.45, 2.75) is 32.9 Å². The lowest BCUT2D eigenvalue weighted by atomic mass is 10.0. The summed E-state index contributed by atoms with van der Waals surface area (Å²) in [6.07, 6.45) is 0. The molecule has 2 N–H and O–H groups in total. The number of hydrogen-bond acceptors (Lipinski definition) is 5. The fraction of sp³-hybridized carbons (Fsp3) is 0.696. The molecule has 0 saturated carbocycles. The zero-order valence-electron chi connectivity index (χ0n) is 19.6. The lowest BCUT2D eigenvalue weighted by Gasteiger charge is -2.36. The van der Waals surface area contributed by atoms with Crippen molar-refractivity contribution in [2.24, 2.45) is 10.9 Å². The Balaban J connectivity index is 2.08. The van der Waals surface area contributed by atoms with Crippen molar-refractivity contribution < 1.29 is 9.47 Å². The van der Waals surface area contributed by atoms with Crippen LogP contribution in [0, 0.1) is 5.92 Å². The molecule has 2 unspecified atom stereocenters. The van der Waals surface area contributed by atoms with Crippen molar-refractivity contribution >= 4 is 5.96 Å². The Hall–Kier alpha value is -1.83. The van der Waals surface area contributed by atoms with E-state index in [2.05, 4.69) is 67.4 Å². The molecule has 0 amide bonds. The molecule has 0 spiro atoms. The van der Waals surface area contributed by atoms with Gasteiger partial charge in [-0.15, -0.1) is 0 Å². The fourth-order valence-corrected chi connectivity index (χ4v) is 3.89. The van der Waals surface area contributed by atoms with E-state index in [4.69, 9.17) is 14.5 Å². The van der Waals surface area contributed by atoms with E-state index in [1.807, 2.05) is 12.1 Å². The standard InChI is InChI=1S/C23H41N5O2/c1-7-24-23(25-16-20(18(2)3)28-12-14-30-15-13-28)26-17-21(27(4)5)19-10-8-9-11-22(19)29-6/h8-11,18,20-21H,7,12-17H2,1-6H3,(H2,24,25,26). The van der Waals surface area contributed by atoms with E-state index >= 15 is 0 Å². The summed E-state index contributed by atoms with van der Waals surface area (Å²) in [6, 6.07) is 8.80. The highest BCUT2D eigenvalue weighted by atomic mass is 16.5. The minimum Gasteiger partial charge on any atom is -0.496 e. The van der Waals surface area contributed by atoms with Gasteiger partial charge in [-0.1, -0.05) is 32.0 Å². The number of rotatable bonds is 10. The zero-order valence-corrected chi connectivity index (χ0v) is 19.6. The topological polar surface area (TPSA) is 61.4 Å². The molecule has 170 valence electrons. The first-order valence-corrected chi connectivity index (χ1v) is 11.1. The van der Waals surface area contributed by atoms with Crippen molar-refractivity contribution in [2.75, 3.05) is 67.1 Å². The van der Waals surface area contributed by atoms with Gasteiger partial charge in [0, 0.05) is 37.8 Å². The quantitative estimate of drug-likeness (QED) is 0.448. The number of likely N-dealkylation sites (N-methyl/N-ethyl adjacent to an activating group) is 1. The first kappa shape index (κ1) is 24.4. The van der Waals surface area contributed by atoms with Crippen LogP contribution < -0.4 is 15.4 Å². The molecule has 0 aromatic heterocycles. The summed E-state index contributed by atoms with van der Waals surface area (Å²) in [7, 11) is 5.91. The Bertz CT molecular complexity index is 644. The summed E-state index contributed by atoms with van der Waals surface area (Å²) in [4.78, 5) is 9.66. The van der Waals surface area contributed by atoms with E-state index in [1.165, 1.54) is 5.56 Å². The van der Waals surface area contributed by atoms with E-state index in [0.29, 0.717) is 12.0 Å². The lowest BCUT2D eigenvalue weighted by Crippen LogP contribution is -2.48. The number of para-hydroxylation sites is 1. The highest BCUT2D eigenvalue weighted by Crippen LogP contribution is 2.27. The Morgan fingerprint density at radius 3 is 2.50 bits per heavy atom. The van der Waals surface area contributed by atoms with Crippen LogP contribution >= 0.6 is 0 Å². The maximum absolute atomic E-state index is 5.59. The number of aliphatic imine (C=N–C) groups is 1. The van der Waals surface area contributed by atoms with Crippen LogP contribution in [-0.4, -0.2) is 88.9 Å². The molecule has 1 aromatic carbocycles. The van der Waals surface area contributed by atoms with Crippen LogP contribution in [0.25, 0.3) is 0 Å². The van der Waals surface area contributed by atoms with Gasteiger partial charge in [-0.2, -0.15) is 0 Å². The minimum absolute atomic E-state index is 0.171. The molecule has 1 aliphatic heterocycles. The van der Waals surface area contributed by atoms with Crippen LogP contribution in [-0.2, 0) is 4.74 Å². The molecule has 0 radical (unpaired) electrons. The molecule has 0 aliphatic carbocycles. The van der Waals surface area contributed by atoms with Crippen molar-refractivity contribution in [3.63, 3.8) is 0 Å². The molecule has 1 aliphatic rings. The molecule has 1 heterocycles. The number of morpholine rings is 1. The molecular formula is C23H41N5O2. The predicted molar refractivity (Wildman–Crippen MR) is 124 cm³/mol. The molecule has 7 heteroatoms. The van der Waals surface area contributed by atoms with E-state index in [1.54, 1.807) is 7.11 Å². The van der Waals surface area contributed by atoms with Crippen molar-refractivity contribution in [1.29, 1.82) is 0 Å². The summed E-state index contributed by atoms with van der Waals surface area (Å²) in [6.45, 7) is 12.6. The first-order chi connectivity index (χ1) is 14.5. The van der Waals surface area contributed by atoms with Gasteiger partial charge in [0.25, 0.3) is 0 Å². The monoisotopic (exact) mass is 419 g/mol. The third-order valence-corrected chi connectivity index (χ3v) is 5.65. The number of nitrogens with one attached hydrogen (secondary N) is 2. The molecule has 0 bridgehead atoms. The van der Waals surface area contributed by atoms with Gasteiger partial charge in [0.05, 0.1) is 32.9 Å². The molecule has 30 heavy (non-hydrogen) atoms. The number of benzene rings is 1. The Labute approximate surface area is 182 Å². The number of hydrogen-bond donors (Lipinski definition) is 2. The second-order valence-corrected chi connectivity index (χ2v) is 8.28. The van der Waals surface area contributed by atoms with Gasteiger partial charge in [0.2, 0.25) is 0 Å². The molecule has 2 atom stereocenters. The minimum atomic E-state index is 0.171. The number of nitrogens with zero attached hydrogens (tertiary/aromatic N) is 3. The van der Waals surface area contributed by atoms with E-state index < -0.39 is 0 Å². The van der Waals surface area contributed by atoms with Crippen LogP contribution in [0.5, 0.6) is 5.75 Å². The van der Waals surface area contributed by atoms with Gasteiger partial charge >= 0.3 is 0 Å². The largest absolute Gasteiger partial charge is 0.496 e. The van der Waals surface area contributed by atoms with Crippen LogP contribution in [0.2, 0.25) is 0 Å². The van der Waals surface area contributed by atoms with Crippen molar-refractivity contribution in [3.05, 3.63) is 29.8 Å². The predicted octanol–water partition coefficient (Wildman–Crippen LogP) is 2.21. The van der Waals surface area contributed by atoms with Crippen LogP contribution in [0.3, 0.4) is 0 Å². The molecule has 1 fully saturated rings. The van der Waals surface area contributed by atoms with Gasteiger partial charge in [-0.3, -0.25) is 9.89 Å². The maximum Gasteiger partial charge on any atom is 0.191 e. The van der Waals surface area contributed by atoms with Gasteiger partial charge in [0.15, 0.2) is 5.96 Å². The number of methoxy groups -OCH3 is 1. The van der Waals surface area contributed by atoms with Crippen LogP contribution in [0.1, 0.15) is 32.4 Å². The number of ether oxygens (including phenoxy) is 2. The van der Waals surface area contributed by atoms with Crippen molar-refractivity contribution in [1.82, 2.24) is 20.4 Å². The van der Waals surface area contributed by atoms with E-state index in [9.17, 15) is 0 Å². The molecular weight excluding hydrogens is 378 g/mol. The lowest BCUT2D eigenvalue weighted by molar-refractivity contribution is 0.00867. The summed E-state index contributed by atoms with van der Waals surface area (Å²) in [5.74, 6) is 2.31. The summed E-state index contributed by atoms with van der Waals surface area (Å²) in [5.41, 5.74) is 1.17. The third kappa shape index (κ3) is 7.15. The second kappa shape index (κ2) is 12.8. The molecule has 2 rings (SSSR count). The molecule has 7 nitrogen and oxygen atoms in total.